The number of nitrogens with two attached hydrogens (primary N) is 1. The van der Waals surface area contributed by atoms with Crippen LogP contribution in [0.1, 0.15) is 84.1 Å². The minimum Gasteiger partial charge on any atom is -0.494 e. The Hall–Kier alpha value is -8.42. The Morgan fingerprint density at radius 2 is 1.53 bits per heavy atom. The first kappa shape index (κ1) is 62.2. The number of aromatic amines is 1. The molecule has 3 saturated heterocycles. The van der Waals surface area contributed by atoms with E-state index in [0.29, 0.717) is 48.3 Å². The maximum Gasteiger partial charge on any atom is 0.508 e. The third-order valence-corrected chi connectivity index (χ3v) is 16.2. The summed E-state index contributed by atoms with van der Waals surface area (Å²) >= 11 is 0. The largest absolute Gasteiger partial charge is 0.508 e. The molecule has 0 radical (unpaired) electrons. The van der Waals surface area contributed by atoms with Crippen LogP contribution in [0.4, 0.5) is 9.59 Å². The highest BCUT2D eigenvalue weighted by molar-refractivity contribution is 7.85. The summed E-state index contributed by atoms with van der Waals surface area (Å²) in [5.41, 5.74) is 5.94. The van der Waals surface area contributed by atoms with Crippen LogP contribution in [-0.2, 0) is 84.3 Å². The van der Waals surface area contributed by atoms with Gasteiger partial charge in [-0.15, -0.1) is 5.06 Å². The van der Waals surface area contributed by atoms with Crippen molar-refractivity contribution in [3.05, 3.63) is 23.8 Å². The summed E-state index contributed by atoms with van der Waals surface area (Å²) in [5, 5.41) is 31.5. The van der Waals surface area contributed by atoms with E-state index in [1.807, 2.05) is 0 Å². The number of aromatic nitrogens is 1. The number of imide groups is 1. The Balaban J connectivity index is 1.25. The van der Waals surface area contributed by atoms with Crippen molar-refractivity contribution >= 4 is 98.9 Å². The predicted octanol–water partition coefficient (Wildman–Crippen LogP) is -3.71. The lowest BCUT2D eigenvalue weighted by molar-refractivity contribution is -0.171. The molecule has 12 amide bonds. The number of carbonyl (C=O) groups excluding carboxylic acids is 13. The zero-order chi connectivity index (χ0) is 60.2. The number of nitrogens with zero attached hydrogens (tertiary/aromatic N) is 2. The monoisotopic (exact) mass is 1180 g/mol. The summed E-state index contributed by atoms with van der Waals surface area (Å²) in [4.78, 5) is 183. The van der Waals surface area contributed by atoms with E-state index >= 15 is 4.21 Å². The number of unbranched alkanes of at least 4 members (excludes halogenated alkanes) is 3. The van der Waals surface area contributed by atoms with Crippen LogP contribution in [-0.4, -0.2) is 195 Å². The van der Waals surface area contributed by atoms with Crippen LogP contribution in [0.2, 0.25) is 0 Å². The molecule has 32 heteroatoms. The lowest BCUT2D eigenvalue weighted by Gasteiger charge is -2.32. The molecule has 1 aromatic carbocycles. The molecule has 83 heavy (non-hydrogen) atoms. The number of aliphatic hydroxyl groups excluding tert-OH is 1. The van der Waals surface area contributed by atoms with Crippen molar-refractivity contribution in [3.63, 3.8) is 0 Å². The van der Waals surface area contributed by atoms with Crippen LogP contribution in [0, 0.1) is 11.8 Å². The third-order valence-electron chi connectivity index (χ3n) is 14.7. The van der Waals surface area contributed by atoms with Crippen molar-refractivity contribution < 1.29 is 90.7 Å². The highest BCUT2D eigenvalue weighted by Crippen LogP contribution is 2.31. The Morgan fingerprint density at radius 3 is 2.22 bits per heavy atom. The van der Waals surface area contributed by atoms with Gasteiger partial charge in [-0.25, -0.2) is 9.59 Å². The first-order valence-corrected chi connectivity index (χ1v) is 28.5. The Bertz CT molecular complexity index is 2900. The molecule has 31 nitrogen and oxygen atoms in total. The second kappa shape index (κ2) is 28.0. The van der Waals surface area contributed by atoms with Crippen molar-refractivity contribution in [2.45, 2.75) is 138 Å². The average Bonchev–Trinajstić information content (AvgIpc) is 4.20. The quantitative estimate of drug-likeness (QED) is 0.0464. The molecule has 11 atom stereocenters. The zero-order valence-electron chi connectivity index (χ0n) is 45.7. The fourth-order valence-electron chi connectivity index (χ4n) is 9.94. The van der Waals surface area contributed by atoms with Crippen LogP contribution >= 0.6 is 0 Å². The van der Waals surface area contributed by atoms with Gasteiger partial charge < -0.3 is 82.3 Å². The number of H-pyrrole nitrogens is 1. The molecule has 0 spiro atoms. The van der Waals surface area contributed by atoms with Crippen LogP contribution in [0.5, 0.6) is 5.75 Å². The second-order valence-corrected chi connectivity index (χ2v) is 22.2. The summed E-state index contributed by atoms with van der Waals surface area (Å²) in [7, 11) is -2.43. The zero-order valence-corrected chi connectivity index (χ0v) is 46.5. The van der Waals surface area contributed by atoms with E-state index in [9.17, 15) is 67.4 Å². The summed E-state index contributed by atoms with van der Waals surface area (Å²) in [6.45, 7) is 2.75. The Labute approximate surface area is 476 Å². The van der Waals surface area contributed by atoms with Gasteiger partial charge in [0.15, 0.2) is 0 Å². The van der Waals surface area contributed by atoms with Crippen LogP contribution < -0.4 is 53.0 Å². The van der Waals surface area contributed by atoms with Crippen molar-refractivity contribution in [1.82, 2.24) is 57.5 Å². The highest BCUT2D eigenvalue weighted by atomic mass is 32.2. The number of carbonyl (C=O) groups is 13. The minimum atomic E-state index is -2.43. The van der Waals surface area contributed by atoms with Crippen molar-refractivity contribution in [2.75, 3.05) is 45.1 Å². The van der Waals surface area contributed by atoms with E-state index in [2.05, 4.69) is 47.5 Å². The van der Waals surface area contributed by atoms with E-state index in [1.54, 1.807) is 32.0 Å². The maximum atomic E-state index is 15.1. The smallest absolute Gasteiger partial charge is 0.494 e. The SMILES string of the molecule is CC[C@H](C)[C@@H]1NC(=O)CNC(=O)C2Cc3c([nH]c4cc(OCCCCCCNC(=O)ON5C(=O)CCC5=O)ccc34)[S@@](=O)CC(NC(=O)CNC1=O)C(=O)N[C@@H](CC(N)=O)C(=O)N1CC(O)C[C@H]1C(=O)N[C@@H]([C@@H](C)C1COC(=O)O1)C(=O)N2. The van der Waals surface area contributed by atoms with Gasteiger partial charge in [-0.3, -0.25) is 56.9 Å². The maximum absolute atomic E-state index is 15.1. The fraction of sp³-hybridized carbons (Fsp3) is 0.588. The molecule has 5 aliphatic rings. The number of amides is 12. The van der Waals surface area contributed by atoms with Crippen molar-refractivity contribution in [1.29, 1.82) is 0 Å². The van der Waals surface area contributed by atoms with Crippen molar-refractivity contribution in [2.24, 2.45) is 17.6 Å². The van der Waals surface area contributed by atoms with Crippen LogP contribution in [0.25, 0.3) is 10.9 Å². The van der Waals surface area contributed by atoms with Gasteiger partial charge in [0, 0.05) is 56.1 Å². The van der Waals surface area contributed by atoms with Gasteiger partial charge in [-0.05, 0) is 36.5 Å². The molecule has 12 N–H and O–H groups in total. The number of hydrogen-bond acceptors (Lipinski definition) is 19. The van der Waals surface area contributed by atoms with Gasteiger partial charge in [0.05, 0.1) is 54.3 Å². The molecular weight excluding hydrogens is 1120 g/mol. The number of benzene rings is 1. The highest BCUT2D eigenvalue weighted by Gasteiger charge is 2.46. The van der Waals surface area contributed by atoms with Gasteiger partial charge in [0.2, 0.25) is 53.2 Å². The fourth-order valence-corrected chi connectivity index (χ4v) is 11.3. The summed E-state index contributed by atoms with van der Waals surface area (Å²) in [6.07, 6.45) is -3.76. The Morgan fingerprint density at radius 1 is 0.831 bits per heavy atom. The molecule has 2 aromatic rings. The van der Waals surface area contributed by atoms with Crippen molar-refractivity contribution in [3.8, 4) is 5.75 Å². The normalized spacial score (nSPS) is 26.8. The molecule has 452 valence electrons. The number of rotatable bonds is 15. The summed E-state index contributed by atoms with van der Waals surface area (Å²) < 4.78 is 31.4. The van der Waals surface area contributed by atoms with Gasteiger partial charge in [-0.1, -0.05) is 40.0 Å². The lowest BCUT2D eigenvalue weighted by atomic mass is 9.93. The third kappa shape index (κ3) is 16.0. The number of aliphatic hydroxyl groups is 1. The number of hydroxylamine groups is 2. The molecule has 3 fully saturated rings. The lowest BCUT2D eigenvalue weighted by Crippen LogP contribution is -2.62. The predicted molar refractivity (Wildman–Crippen MR) is 283 cm³/mol. The van der Waals surface area contributed by atoms with E-state index in [4.69, 9.17) is 24.8 Å². The molecule has 2 bridgehead atoms. The summed E-state index contributed by atoms with van der Waals surface area (Å²) in [6, 6.07) is -5.32. The van der Waals surface area contributed by atoms with Crippen LogP contribution in [0.3, 0.4) is 0 Å². The van der Waals surface area contributed by atoms with Gasteiger partial charge in [-0.2, -0.15) is 0 Å². The molecule has 0 saturated carbocycles. The van der Waals surface area contributed by atoms with Crippen LogP contribution in [0.15, 0.2) is 23.2 Å². The van der Waals surface area contributed by atoms with E-state index in [0.717, 1.165) is 4.90 Å². The molecule has 4 unspecified atom stereocenters. The summed E-state index contributed by atoms with van der Waals surface area (Å²) in [5.74, 6) is -12.6. The second-order valence-electron chi connectivity index (χ2n) is 20.7. The molecule has 6 heterocycles. The number of primary amides is 1. The van der Waals surface area contributed by atoms with E-state index in [-0.39, 0.29) is 48.7 Å². The average molecular weight is 1190 g/mol. The van der Waals surface area contributed by atoms with Gasteiger partial charge in [0.25, 0.3) is 11.8 Å². The molecule has 7 rings (SSSR count). The van der Waals surface area contributed by atoms with Gasteiger partial charge >= 0.3 is 12.2 Å². The number of ether oxygens (including phenoxy) is 3. The topological polar surface area (TPSA) is 441 Å². The number of nitrogens with one attached hydrogen (secondary N) is 9. The minimum absolute atomic E-state index is 0.0400. The number of fused-ring (bicyclic) bond motifs is 5. The first-order valence-electron chi connectivity index (χ1n) is 27.1. The standard InChI is InChI=1S/C51H68N12O19S/c1-4-24(2)41-46(73)55-19-37(66)56-33-23-83(78)48-29(28-10-9-27(16-30(28)59-48)79-14-8-6-5-7-13-53-50(76)82-63-39(68)11-12-40(63)69)17-31(43(70)54-20-38(67)60-41)57-47(74)42(25(3)35-22-80-51(77)81-35)61-45(72)34-15-26(64)21-62(34)49(75)32(18-36(52)65)58-44(33)71/h9-10,16,24-26,31-35,41-42,59,64H,4-8,11-15,17-23H2,1-3H3,(H2,52,65)(H,53,76)(H,54,70)(H,55,73)(H,56,66)(H,57,74)(H,58,71)(H,60,67)(H,61,72)/t24-,25-,26?,31?,32-,33?,34-,35?,41-,42-,83-/m0/s1. The Kier molecular flexibility index (Phi) is 21.0. The first-order chi connectivity index (χ1) is 39.5. The van der Waals surface area contributed by atoms with Gasteiger partial charge in [0.1, 0.15) is 59.7 Å². The molecule has 0 aliphatic carbocycles. The number of hydrogen-bond donors (Lipinski definition) is 11. The molecule has 5 aliphatic heterocycles. The number of cyclic esters (lactones) is 2. The molecule has 1 aromatic heterocycles. The van der Waals surface area contributed by atoms with E-state index < -0.39 is 193 Å². The van der Waals surface area contributed by atoms with E-state index in [1.165, 1.54) is 6.92 Å². The molecular formula is C51H68N12O19S.